The molecule has 1 aromatic rings. The smallest absolute Gasteiger partial charge is 0.139 e. The number of hydrogen-bond acceptors (Lipinski definition) is 3. The highest BCUT2D eigenvalue weighted by Gasteiger charge is 2.27. The van der Waals surface area contributed by atoms with Gasteiger partial charge in [-0.2, -0.15) is 0 Å². The highest BCUT2D eigenvalue weighted by atomic mass is 15.2. The number of pyridine rings is 1. The molecule has 92 valence electrons. The first-order chi connectivity index (χ1) is 8.09. The quantitative estimate of drug-likeness (QED) is 0.602. The number of nitrogens with zero attached hydrogens (tertiary/aromatic N) is 2. The number of amidine groups is 1. The molecule has 4 nitrogen and oxygen atoms in total. The number of nitrogen functional groups attached to an aromatic ring is 1. The lowest BCUT2D eigenvalue weighted by atomic mass is 10.2. The largest absolute Gasteiger partial charge is 0.384 e. The van der Waals surface area contributed by atoms with Crippen molar-refractivity contribution in [2.24, 2.45) is 11.7 Å². The van der Waals surface area contributed by atoms with Crippen molar-refractivity contribution in [2.75, 3.05) is 11.4 Å². The van der Waals surface area contributed by atoms with Crippen molar-refractivity contribution in [1.82, 2.24) is 4.98 Å². The average Bonchev–Trinajstić information content (AvgIpc) is 3.09. The van der Waals surface area contributed by atoms with Crippen molar-refractivity contribution >= 4 is 11.7 Å². The van der Waals surface area contributed by atoms with Crippen molar-refractivity contribution in [3.05, 3.63) is 23.9 Å². The number of rotatable bonds is 5. The second kappa shape index (κ2) is 4.73. The molecule has 0 saturated heterocycles. The summed E-state index contributed by atoms with van der Waals surface area (Å²) in [6, 6.07) is 4.08. The Morgan fingerprint density at radius 3 is 2.82 bits per heavy atom. The van der Waals surface area contributed by atoms with Crippen molar-refractivity contribution in [3.8, 4) is 0 Å². The maximum atomic E-state index is 7.62. The second-order valence-electron chi connectivity index (χ2n) is 4.98. The van der Waals surface area contributed by atoms with Gasteiger partial charge in [0.15, 0.2) is 0 Å². The van der Waals surface area contributed by atoms with Gasteiger partial charge in [-0.15, -0.1) is 0 Å². The van der Waals surface area contributed by atoms with Gasteiger partial charge in [0.1, 0.15) is 11.7 Å². The van der Waals surface area contributed by atoms with Crippen LogP contribution in [-0.2, 0) is 0 Å². The SMILES string of the molecule is CC(C)N(CC1CC1)c1ncccc1C(=N)N. The van der Waals surface area contributed by atoms with Crippen LogP contribution in [0.1, 0.15) is 32.3 Å². The molecule has 3 N–H and O–H groups in total. The summed E-state index contributed by atoms with van der Waals surface area (Å²) in [5.41, 5.74) is 6.35. The topological polar surface area (TPSA) is 66.0 Å². The Morgan fingerprint density at radius 1 is 1.59 bits per heavy atom. The van der Waals surface area contributed by atoms with E-state index in [1.54, 1.807) is 6.20 Å². The number of hydrogen-bond donors (Lipinski definition) is 2. The molecule has 0 amide bonds. The molecule has 0 bridgehead atoms. The van der Waals surface area contributed by atoms with E-state index in [2.05, 4.69) is 23.7 Å². The van der Waals surface area contributed by atoms with E-state index >= 15 is 0 Å². The fourth-order valence-electron chi connectivity index (χ4n) is 1.96. The zero-order valence-corrected chi connectivity index (χ0v) is 10.5. The van der Waals surface area contributed by atoms with Gasteiger partial charge in [0, 0.05) is 18.8 Å². The highest BCUT2D eigenvalue weighted by Crippen LogP contribution is 2.32. The lowest BCUT2D eigenvalue weighted by molar-refractivity contribution is 0.636. The summed E-state index contributed by atoms with van der Waals surface area (Å²) in [4.78, 5) is 6.67. The van der Waals surface area contributed by atoms with Crippen LogP contribution in [-0.4, -0.2) is 23.4 Å². The normalized spacial score (nSPS) is 15.0. The zero-order valence-electron chi connectivity index (χ0n) is 10.5. The first-order valence-electron chi connectivity index (χ1n) is 6.15. The fourth-order valence-corrected chi connectivity index (χ4v) is 1.96. The van der Waals surface area contributed by atoms with Gasteiger partial charge >= 0.3 is 0 Å². The number of anilines is 1. The molecule has 0 atom stereocenters. The van der Waals surface area contributed by atoms with E-state index in [-0.39, 0.29) is 5.84 Å². The van der Waals surface area contributed by atoms with Crippen LogP contribution >= 0.6 is 0 Å². The van der Waals surface area contributed by atoms with E-state index in [1.165, 1.54) is 12.8 Å². The Labute approximate surface area is 102 Å². The molecule has 1 aromatic heterocycles. The minimum Gasteiger partial charge on any atom is -0.384 e. The van der Waals surface area contributed by atoms with Crippen molar-refractivity contribution < 1.29 is 0 Å². The van der Waals surface area contributed by atoms with Gasteiger partial charge in [-0.25, -0.2) is 4.98 Å². The monoisotopic (exact) mass is 232 g/mol. The summed E-state index contributed by atoms with van der Waals surface area (Å²) < 4.78 is 0. The molecule has 4 heteroatoms. The Bertz CT molecular complexity index is 410. The molecule has 17 heavy (non-hydrogen) atoms. The van der Waals surface area contributed by atoms with E-state index in [0.717, 1.165) is 23.8 Å². The van der Waals surface area contributed by atoms with Gasteiger partial charge < -0.3 is 10.6 Å². The van der Waals surface area contributed by atoms with E-state index < -0.39 is 0 Å². The first-order valence-corrected chi connectivity index (χ1v) is 6.15. The van der Waals surface area contributed by atoms with Crippen LogP contribution in [0.2, 0.25) is 0 Å². The van der Waals surface area contributed by atoms with Crippen LogP contribution in [0.25, 0.3) is 0 Å². The molecule has 1 aliphatic rings. The van der Waals surface area contributed by atoms with Gasteiger partial charge in [-0.05, 0) is 44.7 Å². The maximum absolute atomic E-state index is 7.62. The van der Waals surface area contributed by atoms with Crippen LogP contribution in [0.3, 0.4) is 0 Å². The van der Waals surface area contributed by atoms with Crippen molar-refractivity contribution in [3.63, 3.8) is 0 Å². The van der Waals surface area contributed by atoms with E-state index in [4.69, 9.17) is 11.1 Å². The van der Waals surface area contributed by atoms with Crippen LogP contribution in [0.15, 0.2) is 18.3 Å². The standard InChI is InChI=1S/C13H20N4/c1-9(2)17(8-10-5-6-10)13-11(12(14)15)4-3-7-16-13/h3-4,7,9-10H,5-6,8H2,1-2H3,(H3,14,15). The average molecular weight is 232 g/mol. The second-order valence-corrected chi connectivity index (χ2v) is 4.98. The van der Waals surface area contributed by atoms with E-state index in [1.807, 2.05) is 12.1 Å². The third kappa shape index (κ3) is 2.75. The summed E-state index contributed by atoms with van der Waals surface area (Å²) in [6.07, 6.45) is 4.39. The molecular formula is C13H20N4. The summed E-state index contributed by atoms with van der Waals surface area (Å²) in [6.45, 7) is 5.33. The number of nitrogens with two attached hydrogens (primary N) is 1. The summed E-state index contributed by atoms with van der Waals surface area (Å²) in [5, 5.41) is 7.62. The van der Waals surface area contributed by atoms with Gasteiger partial charge in [-0.1, -0.05) is 0 Å². The third-order valence-corrected chi connectivity index (χ3v) is 3.12. The number of nitrogens with one attached hydrogen (secondary N) is 1. The highest BCUT2D eigenvalue weighted by molar-refractivity contribution is 5.99. The minimum atomic E-state index is 0.0922. The Balaban J connectivity index is 2.30. The summed E-state index contributed by atoms with van der Waals surface area (Å²) in [5.74, 6) is 1.73. The molecule has 0 spiro atoms. The number of aromatic nitrogens is 1. The molecule has 1 saturated carbocycles. The van der Waals surface area contributed by atoms with Crippen molar-refractivity contribution in [2.45, 2.75) is 32.7 Å². The molecular weight excluding hydrogens is 212 g/mol. The lowest BCUT2D eigenvalue weighted by Crippen LogP contribution is -2.35. The van der Waals surface area contributed by atoms with Gasteiger partial charge in [0.25, 0.3) is 0 Å². The molecule has 1 aliphatic carbocycles. The third-order valence-electron chi connectivity index (χ3n) is 3.12. The van der Waals surface area contributed by atoms with Gasteiger partial charge in [0.2, 0.25) is 0 Å². The van der Waals surface area contributed by atoms with Crippen LogP contribution in [0.4, 0.5) is 5.82 Å². The maximum Gasteiger partial charge on any atom is 0.139 e. The van der Waals surface area contributed by atoms with E-state index in [9.17, 15) is 0 Å². The predicted molar refractivity (Wildman–Crippen MR) is 70.5 cm³/mol. The Kier molecular flexibility index (Phi) is 3.31. The van der Waals surface area contributed by atoms with E-state index in [0.29, 0.717) is 6.04 Å². The molecule has 1 fully saturated rings. The van der Waals surface area contributed by atoms with Gasteiger partial charge in [0.05, 0.1) is 5.56 Å². The summed E-state index contributed by atoms with van der Waals surface area (Å²) in [7, 11) is 0. The zero-order chi connectivity index (χ0) is 12.4. The molecule has 0 aliphatic heterocycles. The fraction of sp³-hybridized carbons (Fsp3) is 0.538. The van der Waals surface area contributed by atoms with Crippen LogP contribution < -0.4 is 10.6 Å². The summed E-state index contributed by atoms with van der Waals surface area (Å²) >= 11 is 0. The lowest BCUT2D eigenvalue weighted by Gasteiger charge is -2.29. The molecule has 0 unspecified atom stereocenters. The van der Waals surface area contributed by atoms with Crippen LogP contribution in [0.5, 0.6) is 0 Å². The molecule has 0 radical (unpaired) electrons. The van der Waals surface area contributed by atoms with Gasteiger partial charge in [-0.3, -0.25) is 5.41 Å². The Morgan fingerprint density at radius 2 is 2.29 bits per heavy atom. The molecule has 2 rings (SSSR count). The first kappa shape index (κ1) is 11.9. The Hall–Kier alpha value is -1.58. The minimum absolute atomic E-state index is 0.0922. The predicted octanol–water partition coefficient (Wildman–Crippen LogP) is 1.99. The molecule has 1 heterocycles. The molecule has 0 aromatic carbocycles. The van der Waals surface area contributed by atoms with Crippen LogP contribution in [0, 0.1) is 11.3 Å². The van der Waals surface area contributed by atoms with Crippen molar-refractivity contribution in [1.29, 1.82) is 5.41 Å².